The second kappa shape index (κ2) is 6.19. The van der Waals surface area contributed by atoms with Crippen LogP contribution >= 0.6 is 0 Å². The molecule has 3 heteroatoms. The molecular weight excluding hydrogens is 240 g/mol. The number of ether oxygens (including phenoxy) is 1. The van der Waals surface area contributed by atoms with Gasteiger partial charge in [0.25, 0.3) is 0 Å². The summed E-state index contributed by atoms with van der Waals surface area (Å²) in [5.74, 6) is 6.23. The van der Waals surface area contributed by atoms with Crippen LogP contribution in [0.25, 0.3) is 0 Å². The molecule has 18 heavy (non-hydrogen) atoms. The smallest absolute Gasteiger partial charge is 0.186 e. The Hall–Kier alpha value is -1.08. The van der Waals surface area contributed by atoms with E-state index < -0.39 is 13.9 Å². The first-order valence-electron chi connectivity index (χ1n) is 6.12. The van der Waals surface area contributed by atoms with Gasteiger partial charge in [0.2, 0.25) is 0 Å². The lowest BCUT2D eigenvalue weighted by Crippen LogP contribution is -2.37. The van der Waals surface area contributed by atoms with Crippen LogP contribution in [0.2, 0.25) is 19.6 Å². The van der Waals surface area contributed by atoms with Gasteiger partial charge in [-0.1, -0.05) is 42.2 Å². The van der Waals surface area contributed by atoms with Crippen LogP contribution in [0.1, 0.15) is 12.5 Å². The molecule has 0 aliphatic rings. The first kappa shape index (κ1) is 15.0. The summed E-state index contributed by atoms with van der Waals surface area (Å²) >= 11 is 0. The van der Waals surface area contributed by atoms with Gasteiger partial charge < -0.3 is 9.16 Å². The summed E-state index contributed by atoms with van der Waals surface area (Å²) in [6, 6.07) is 10.1. The zero-order chi connectivity index (χ0) is 13.6. The molecule has 0 aromatic heterocycles. The molecule has 0 amide bonds. The number of rotatable bonds is 4. The van der Waals surface area contributed by atoms with Crippen LogP contribution in [-0.2, 0) is 14.8 Å². The number of hydrogen-bond donors (Lipinski definition) is 0. The Labute approximate surface area is 111 Å². The zero-order valence-corrected chi connectivity index (χ0v) is 12.9. The van der Waals surface area contributed by atoms with E-state index >= 15 is 0 Å². The van der Waals surface area contributed by atoms with E-state index in [0.717, 1.165) is 5.56 Å². The molecule has 0 spiro atoms. The molecule has 0 N–H and O–H groups in total. The summed E-state index contributed by atoms with van der Waals surface area (Å²) < 4.78 is 11.3. The lowest BCUT2D eigenvalue weighted by Gasteiger charge is -2.32. The summed E-state index contributed by atoms with van der Waals surface area (Å²) in [5.41, 5.74) is 0.542. The van der Waals surface area contributed by atoms with Crippen molar-refractivity contribution in [2.45, 2.75) is 32.2 Å². The van der Waals surface area contributed by atoms with Crippen molar-refractivity contribution in [3.63, 3.8) is 0 Å². The van der Waals surface area contributed by atoms with Crippen LogP contribution in [0.15, 0.2) is 30.3 Å². The lowest BCUT2D eigenvalue weighted by atomic mass is 9.97. The Kier molecular flexibility index (Phi) is 5.15. The molecule has 0 saturated carbocycles. The molecule has 1 aromatic rings. The number of hydrogen-bond acceptors (Lipinski definition) is 2. The standard InChI is InChI=1S/C15H22O2Si/c1-15(12-9-13-16-2,17-18(3,4)5)14-10-7-6-8-11-14/h6-8,10-11H,13H2,1-5H3. The van der Waals surface area contributed by atoms with Crippen LogP contribution in [0, 0.1) is 11.8 Å². The van der Waals surface area contributed by atoms with Gasteiger partial charge in [0.05, 0.1) is 0 Å². The van der Waals surface area contributed by atoms with Gasteiger partial charge in [0.15, 0.2) is 8.32 Å². The van der Waals surface area contributed by atoms with E-state index in [2.05, 4.69) is 43.6 Å². The van der Waals surface area contributed by atoms with E-state index in [4.69, 9.17) is 9.16 Å². The largest absolute Gasteiger partial charge is 0.398 e. The van der Waals surface area contributed by atoms with Crippen molar-refractivity contribution in [1.29, 1.82) is 0 Å². The zero-order valence-electron chi connectivity index (χ0n) is 11.9. The molecule has 0 saturated heterocycles. The van der Waals surface area contributed by atoms with Crippen LogP contribution < -0.4 is 0 Å². The van der Waals surface area contributed by atoms with Gasteiger partial charge >= 0.3 is 0 Å². The van der Waals surface area contributed by atoms with Crippen molar-refractivity contribution >= 4 is 8.32 Å². The highest BCUT2D eigenvalue weighted by atomic mass is 28.4. The van der Waals surface area contributed by atoms with Crippen LogP contribution in [0.3, 0.4) is 0 Å². The molecular formula is C15H22O2Si. The third-order valence-electron chi connectivity index (χ3n) is 2.38. The van der Waals surface area contributed by atoms with Gasteiger partial charge in [-0.3, -0.25) is 0 Å². The number of benzene rings is 1. The van der Waals surface area contributed by atoms with Gasteiger partial charge in [-0.15, -0.1) is 0 Å². The minimum atomic E-state index is -1.68. The maximum Gasteiger partial charge on any atom is 0.186 e. The van der Waals surface area contributed by atoms with E-state index in [1.165, 1.54) is 0 Å². The van der Waals surface area contributed by atoms with Crippen molar-refractivity contribution in [1.82, 2.24) is 0 Å². The molecule has 1 aromatic carbocycles. The summed E-state index contributed by atoms with van der Waals surface area (Å²) in [6.07, 6.45) is 0. The molecule has 0 bridgehead atoms. The van der Waals surface area contributed by atoms with Crippen molar-refractivity contribution in [2.75, 3.05) is 13.7 Å². The van der Waals surface area contributed by atoms with E-state index in [0.29, 0.717) is 6.61 Å². The van der Waals surface area contributed by atoms with E-state index in [-0.39, 0.29) is 0 Å². The Bertz CT molecular complexity index is 425. The Balaban J connectivity index is 3.07. The summed E-state index contributed by atoms with van der Waals surface area (Å²) in [7, 11) is -0.0322. The topological polar surface area (TPSA) is 18.5 Å². The SMILES string of the molecule is COCC#CC(C)(O[Si](C)(C)C)c1ccccc1. The van der Waals surface area contributed by atoms with Crippen LogP contribution in [-0.4, -0.2) is 22.0 Å². The van der Waals surface area contributed by atoms with Crippen molar-refractivity contribution in [2.24, 2.45) is 0 Å². The quantitative estimate of drug-likeness (QED) is 0.611. The van der Waals surface area contributed by atoms with Gasteiger partial charge in [-0.2, -0.15) is 0 Å². The molecule has 0 heterocycles. The van der Waals surface area contributed by atoms with Crippen molar-refractivity contribution in [3.05, 3.63) is 35.9 Å². The normalized spacial score (nSPS) is 14.5. The molecule has 1 rings (SSSR count). The average molecular weight is 262 g/mol. The second-order valence-corrected chi connectivity index (χ2v) is 9.78. The second-order valence-electron chi connectivity index (χ2n) is 5.35. The monoisotopic (exact) mass is 262 g/mol. The molecule has 0 aliphatic carbocycles. The van der Waals surface area contributed by atoms with Gasteiger partial charge in [-0.05, 0) is 32.1 Å². The highest BCUT2D eigenvalue weighted by Crippen LogP contribution is 2.28. The highest BCUT2D eigenvalue weighted by Gasteiger charge is 2.31. The summed E-state index contributed by atoms with van der Waals surface area (Å²) in [4.78, 5) is 0. The number of methoxy groups -OCH3 is 1. The molecule has 1 atom stereocenters. The van der Waals surface area contributed by atoms with E-state index in [1.54, 1.807) is 7.11 Å². The third-order valence-corrected chi connectivity index (χ3v) is 3.40. The highest BCUT2D eigenvalue weighted by molar-refractivity contribution is 6.69. The Morgan fingerprint density at radius 1 is 1.17 bits per heavy atom. The lowest BCUT2D eigenvalue weighted by molar-refractivity contribution is 0.143. The first-order valence-corrected chi connectivity index (χ1v) is 9.53. The third kappa shape index (κ3) is 4.65. The van der Waals surface area contributed by atoms with Crippen LogP contribution in [0.4, 0.5) is 0 Å². The molecule has 0 radical (unpaired) electrons. The molecule has 0 fully saturated rings. The van der Waals surface area contributed by atoms with Crippen molar-refractivity contribution in [3.8, 4) is 11.8 Å². The predicted octanol–water partition coefficient (Wildman–Crippen LogP) is 3.40. The minimum Gasteiger partial charge on any atom is -0.398 e. The first-order chi connectivity index (χ1) is 8.37. The fourth-order valence-electron chi connectivity index (χ4n) is 1.80. The minimum absolute atomic E-state index is 0.428. The summed E-state index contributed by atoms with van der Waals surface area (Å²) in [6.45, 7) is 8.98. The average Bonchev–Trinajstić information content (AvgIpc) is 2.28. The molecule has 1 unspecified atom stereocenters. The predicted molar refractivity (Wildman–Crippen MR) is 77.9 cm³/mol. The van der Waals surface area contributed by atoms with E-state index in [9.17, 15) is 0 Å². The van der Waals surface area contributed by atoms with Crippen molar-refractivity contribution < 1.29 is 9.16 Å². The van der Waals surface area contributed by atoms with Gasteiger partial charge in [-0.25, -0.2) is 0 Å². The Morgan fingerprint density at radius 3 is 2.28 bits per heavy atom. The molecule has 2 nitrogen and oxygen atoms in total. The summed E-state index contributed by atoms with van der Waals surface area (Å²) in [5, 5.41) is 0. The Morgan fingerprint density at radius 2 is 1.78 bits per heavy atom. The molecule has 98 valence electrons. The van der Waals surface area contributed by atoms with E-state index in [1.807, 2.05) is 25.1 Å². The molecule has 0 aliphatic heterocycles. The van der Waals surface area contributed by atoms with Crippen LogP contribution in [0.5, 0.6) is 0 Å². The fraction of sp³-hybridized carbons (Fsp3) is 0.467. The fourth-order valence-corrected chi connectivity index (χ4v) is 3.20. The maximum absolute atomic E-state index is 6.27. The van der Waals surface area contributed by atoms with Gasteiger partial charge in [0, 0.05) is 7.11 Å². The maximum atomic E-state index is 6.27. The van der Waals surface area contributed by atoms with Gasteiger partial charge in [0.1, 0.15) is 12.2 Å².